The summed E-state index contributed by atoms with van der Waals surface area (Å²) in [6.45, 7) is 0. The van der Waals surface area contributed by atoms with E-state index in [0.29, 0.717) is 54.4 Å². The molecule has 0 unspecified atom stereocenters. The van der Waals surface area contributed by atoms with Crippen molar-refractivity contribution in [2.45, 2.75) is 54.7 Å². The molecule has 448 valence electrons. The molecule has 1 amide bonds. The molecular weight excluding hydrogens is 1270 g/mol. The first kappa shape index (κ1) is 65.9. The van der Waals surface area contributed by atoms with Crippen LogP contribution in [-0.2, 0) is 58.5 Å². The second-order valence-corrected chi connectivity index (χ2v) is 27.2. The summed E-state index contributed by atoms with van der Waals surface area (Å²) >= 11 is 22.0. The molecule has 0 aliphatic carbocycles. The number of thiazole rings is 3. The number of nitrogens with one attached hydrogen (secondary N) is 1. The first-order valence-electron chi connectivity index (χ1n) is 25.8. The highest BCUT2D eigenvalue weighted by Crippen LogP contribution is 2.36. The molecule has 3 atom stereocenters. The smallest absolute Gasteiger partial charge is 0.307 e. The first-order valence-corrected chi connectivity index (χ1v) is 32.6. The number of aliphatic carboxylic acids is 3. The zero-order valence-corrected chi connectivity index (χ0v) is 52.0. The Morgan fingerprint density at radius 2 is 0.849 bits per heavy atom. The molecule has 4 N–H and O–H groups in total. The van der Waals surface area contributed by atoms with Gasteiger partial charge in [-0.15, -0.1) is 34.0 Å². The van der Waals surface area contributed by atoms with Gasteiger partial charge in [0.2, 0.25) is 25.7 Å². The highest BCUT2D eigenvalue weighted by atomic mass is 35.5. The van der Waals surface area contributed by atoms with Crippen molar-refractivity contribution in [1.29, 1.82) is 0 Å². The monoisotopic (exact) mass is 1320 g/mol. The van der Waals surface area contributed by atoms with Crippen LogP contribution < -0.4 is 13.9 Å². The number of anilines is 3. The van der Waals surface area contributed by atoms with Crippen LogP contribution in [0.3, 0.4) is 0 Å². The fourth-order valence-corrected chi connectivity index (χ4v) is 15.1. The molecule has 0 spiro atoms. The lowest BCUT2D eigenvalue weighted by atomic mass is 9.92. The Labute approximate surface area is 523 Å². The van der Waals surface area contributed by atoms with E-state index in [1.54, 1.807) is 156 Å². The van der Waals surface area contributed by atoms with E-state index in [2.05, 4.69) is 20.3 Å². The van der Waals surface area contributed by atoms with Gasteiger partial charge in [0.25, 0.3) is 5.91 Å². The second kappa shape index (κ2) is 30.1. The van der Waals surface area contributed by atoms with Gasteiger partial charge in [0.1, 0.15) is 0 Å². The van der Waals surface area contributed by atoms with Crippen LogP contribution in [0.2, 0.25) is 15.1 Å². The van der Waals surface area contributed by atoms with E-state index in [1.165, 1.54) is 14.1 Å². The number of carbonyl (C=O) groups excluding carboxylic acids is 1. The standard InChI is InChI=1S/C20H16ClFN2O3S.2C20H19ClN2O4S2/c21-15-9-5-4-8-14(15)16-12-28-19(23-16)24-18(27)20(22,11-17(25)26)10-13-6-2-1-3-7-13;2*1-23(20-22-18(13-28-20)16-9-5-6-10-17(16)21)29(26,27)15(12-19(24)25)11-14-7-3-2-4-8-14/h1-9,12H,10-11H2,(H,25,26)(H,23,24,27);2*2-10,13,15H,11-12H2,1H3,(H,24,25)/t20-;2*15-/m110/s1. The largest absolute Gasteiger partial charge is 0.481 e. The number of carbonyl (C=O) groups is 4. The van der Waals surface area contributed by atoms with Crippen molar-refractivity contribution in [2.24, 2.45) is 0 Å². The molecule has 6 aromatic carbocycles. The van der Waals surface area contributed by atoms with Crippen molar-refractivity contribution >= 4 is 128 Å². The minimum absolute atomic E-state index is 0.0998. The van der Waals surface area contributed by atoms with Gasteiger partial charge in [-0.1, -0.05) is 180 Å². The molecule has 9 rings (SSSR count). The predicted octanol–water partition coefficient (Wildman–Crippen LogP) is 13.5. The number of benzene rings is 6. The van der Waals surface area contributed by atoms with E-state index in [-0.39, 0.29) is 34.7 Å². The molecule has 9 aromatic rings. The van der Waals surface area contributed by atoms with Gasteiger partial charge < -0.3 is 15.3 Å². The van der Waals surface area contributed by atoms with Crippen molar-refractivity contribution in [3.63, 3.8) is 0 Å². The van der Waals surface area contributed by atoms with Crippen LogP contribution in [0, 0.1) is 0 Å². The topological polar surface area (TPSA) is 254 Å². The van der Waals surface area contributed by atoms with Crippen LogP contribution in [0.25, 0.3) is 33.8 Å². The Morgan fingerprint density at radius 1 is 0.512 bits per heavy atom. The van der Waals surface area contributed by atoms with Gasteiger partial charge in [-0.2, -0.15) is 0 Å². The summed E-state index contributed by atoms with van der Waals surface area (Å²) in [6.07, 6.45) is -2.09. The van der Waals surface area contributed by atoms with Gasteiger partial charge in [0.05, 0.1) is 46.8 Å². The number of aromatic nitrogens is 3. The minimum Gasteiger partial charge on any atom is -0.481 e. The van der Waals surface area contributed by atoms with Crippen LogP contribution in [0.15, 0.2) is 180 Å². The maximum atomic E-state index is 15.4. The molecular formula is C60H54Cl3FN6O11S5. The van der Waals surface area contributed by atoms with Crippen molar-refractivity contribution in [3.8, 4) is 33.8 Å². The molecule has 0 saturated heterocycles. The van der Waals surface area contributed by atoms with E-state index in [4.69, 9.17) is 39.9 Å². The van der Waals surface area contributed by atoms with Gasteiger partial charge in [0, 0.05) is 68.4 Å². The summed E-state index contributed by atoms with van der Waals surface area (Å²) in [4.78, 5) is 59.5. The van der Waals surface area contributed by atoms with Gasteiger partial charge in [-0.3, -0.25) is 24.5 Å². The van der Waals surface area contributed by atoms with Gasteiger partial charge in [-0.25, -0.2) is 44.8 Å². The third-order valence-electron chi connectivity index (χ3n) is 12.9. The highest BCUT2D eigenvalue weighted by molar-refractivity contribution is 7.93. The Bertz CT molecular complexity index is 3840. The SMILES string of the molecule is CN(c1nc(-c2ccccc2Cl)cs1)S(=O)(=O)[C@@H](CC(=O)O)Cc1ccccc1.CN(c1nc(-c2ccccc2Cl)cs1)S(=O)(=O)[C@H](CC(=O)O)Cc1ccccc1.O=C(O)C[C@](F)(Cc1ccccc1)C(=O)Nc1nc(-c2ccccc2Cl)cs1. The fraction of sp³-hybridized carbons (Fsp3) is 0.183. The van der Waals surface area contributed by atoms with Gasteiger partial charge in [0.15, 0.2) is 15.4 Å². The molecule has 3 aromatic heterocycles. The molecule has 0 aliphatic heterocycles. The second-order valence-electron chi connectivity index (χ2n) is 19.0. The highest BCUT2D eigenvalue weighted by Gasteiger charge is 2.42. The van der Waals surface area contributed by atoms with Crippen LogP contribution in [0.4, 0.5) is 19.8 Å². The molecule has 3 heterocycles. The van der Waals surface area contributed by atoms with Crippen LogP contribution in [0.1, 0.15) is 36.0 Å². The summed E-state index contributed by atoms with van der Waals surface area (Å²) in [5.74, 6) is -4.78. The average Bonchev–Trinajstić information content (AvgIpc) is 3.10. The van der Waals surface area contributed by atoms with Crippen LogP contribution >= 0.6 is 68.8 Å². The number of nitrogens with zero attached hydrogens (tertiary/aromatic N) is 5. The molecule has 0 fully saturated rings. The number of halogens is 4. The first-order chi connectivity index (χ1) is 40.9. The summed E-state index contributed by atoms with van der Waals surface area (Å²) < 4.78 is 70.2. The summed E-state index contributed by atoms with van der Waals surface area (Å²) in [5.41, 5.74) is 3.19. The van der Waals surface area contributed by atoms with E-state index in [0.717, 1.165) is 53.7 Å². The third-order valence-corrected chi connectivity index (χ3v) is 20.9. The number of alkyl halides is 1. The molecule has 0 saturated carbocycles. The van der Waals surface area contributed by atoms with Crippen LogP contribution in [0.5, 0.6) is 0 Å². The summed E-state index contributed by atoms with van der Waals surface area (Å²) in [7, 11) is -5.13. The lowest BCUT2D eigenvalue weighted by Gasteiger charge is -2.23. The molecule has 0 aliphatic rings. The quantitative estimate of drug-likeness (QED) is 0.0465. The number of sulfonamides is 2. The van der Waals surface area contributed by atoms with Crippen molar-refractivity contribution in [2.75, 3.05) is 28.0 Å². The van der Waals surface area contributed by atoms with Crippen molar-refractivity contribution in [1.82, 2.24) is 15.0 Å². The predicted molar refractivity (Wildman–Crippen MR) is 340 cm³/mol. The Balaban J connectivity index is 0.000000185. The van der Waals surface area contributed by atoms with E-state index < -0.39 is 79.3 Å². The number of amides is 1. The zero-order chi connectivity index (χ0) is 62.2. The molecule has 0 bridgehead atoms. The molecule has 26 heteroatoms. The number of hydrogen-bond acceptors (Lipinski definition) is 14. The van der Waals surface area contributed by atoms with Gasteiger partial charge in [-0.05, 0) is 47.7 Å². The summed E-state index contributed by atoms with van der Waals surface area (Å²) in [6, 6.07) is 47.8. The normalized spacial score (nSPS) is 12.6. The fourth-order valence-electron chi connectivity index (χ4n) is 8.49. The number of carboxylic acid groups (broad SMARTS) is 3. The van der Waals surface area contributed by atoms with Crippen molar-refractivity contribution < 1.29 is 55.7 Å². The average molecular weight is 1320 g/mol. The maximum absolute atomic E-state index is 15.4. The van der Waals surface area contributed by atoms with E-state index in [9.17, 15) is 46.2 Å². The van der Waals surface area contributed by atoms with Crippen LogP contribution in [-0.4, -0.2) is 101 Å². The lowest BCUT2D eigenvalue weighted by Crippen LogP contribution is -2.42. The Morgan fingerprint density at radius 3 is 1.21 bits per heavy atom. The zero-order valence-electron chi connectivity index (χ0n) is 45.6. The Kier molecular flexibility index (Phi) is 23.1. The van der Waals surface area contributed by atoms with Crippen molar-refractivity contribution in [3.05, 3.63) is 212 Å². The minimum atomic E-state index is -3.96. The maximum Gasteiger partial charge on any atom is 0.307 e. The number of hydrogen-bond donors (Lipinski definition) is 4. The third kappa shape index (κ3) is 17.8. The van der Waals surface area contributed by atoms with Gasteiger partial charge >= 0.3 is 17.9 Å². The molecule has 0 radical (unpaired) electrons. The van der Waals surface area contributed by atoms with E-state index >= 15 is 4.39 Å². The van der Waals surface area contributed by atoms with E-state index in [1.807, 2.05) is 24.3 Å². The molecule has 86 heavy (non-hydrogen) atoms. The molecule has 17 nitrogen and oxygen atoms in total. The summed E-state index contributed by atoms with van der Waals surface area (Å²) in [5, 5.41) is 35.1. The Hall–Kier alpha value is -7.61. The lowest BCUT2D eigenvalue weighted by molar-refractivity contribution is -0.144. The number of rotatable bonds is 23. The number of carboxylic acids is 3.